The molecule has 0 aliphatic carbocycles. The van der Waals surface area contributed by atoms with E-state index in [1.165, 1.54) is 4.90 Å². The molecule has 3 heteroatoms. The van der Waals surface area contributed by atoms with E-state index in [1.54, 1.807) is 12.1 Å². The van der Waals surface area contributed by atoms with E-state index < -0.39 is 0 Å². The van der Waals surface area contributed by atoms with Gasteiger partial charge in [-0.05, 0) is 48.4 Å². The van der Waals surface area contributed by atoms with Gasteiger partial charge in [0.25, 0.3) is 0 Å². The number of rotatable bonds is 7. The van der Waals surface area contributed by atoms with E-state index in [2.05, 4.69) is 26.1 Å². The molecular weight excluding hydrogens is 233 g/mol. The molecular formula is C14H22FNS. The zero-order chi connectivity index (χ0) is 12.7. The van der Waals surface area contributed by atoms with Gasteiger partial charge in [0.1, 0.15) is 5.82 Å². The quantitative estimate of drug-likeness (QED) is 0.737. The molecule has 0 spiro atoms. The van der Waals surface area contributed by atoms with Gasteiger partial charge in [-0.15, -0.1) is 11.8 Å². The lowest BCUT2D eigenvalue weighted by Gasteiger charge is -2.11. The Morgan fingerprint density at radius 3 is 2.76 bits per heavy atom. The monoisotopic (exact) mass is 255 g/mol. The van der Waals surface area contributed by atoms with Crippen LogP contribution in [0.5, 0.6) is 0 Å². The standard InChI is InChI=1S/C14H22FNS/c1-4-7-17-14-6-5-13(15)8-12(14)10-16-9-11(2)3/h5-6,8,11,16H,4,7,9-10H2,1-3H3. The van der Waals surface area contributed by atoms with E-state index in [-0.39, 0.29) is 5.82 Å². The summed E-state index contributed by atoms with van der Waals surface area (Å²) < 4.78 is 13.2. The van der Waals surface area contributed by atoms with Crippen LogP contribution in [0, 0.1) is 11.7 Å². The lowest BCUT2D eigenvalue weighted by molar-refractivity contribution is 0.547. The molecule has 1 rings (SSSR count). The highest BCUT2D eigenvalue weighted by Gasteiger charge is 2.05. The highest BCUT2D eigenvalue weighted by molar-refractivity contribution is 7.99. The molecule has 1 aromatic carbocycles. The summed E-state index contributed by atoms with van der Waals surface area (Å²) in [5, 5.41) is 3.37. The van der Waals surface area contributed by atoms with Crippen molar-refractivity contribution in [1.82, 2.24) is 5.32 Å². The first-order valence-corrected chi connectivity index (χ1v) is 7.24. The summed E-state index contributed by atoms with van der Waals surface area (Å²) in [5.74, 6) is 1.56. The molecule has 0 radical (unpaired) electrons. The molecule has 0 saturated carbocycles. The number of nitrogens with one attached hydrogen (secondary N) is 1. The number of halogens is 1. The molecule has 0 aliphatic rings. The van der Waals surface area contributed by atoms with Crippen LogP contribution in [-0.2, 0) is 6.54 Å². The number of benzene rings is 1. The Hall–Kier alpha value is -0.540. The van der Waals surface area contributed by atoms with Crippen molar-refractivity contribution in [1.29, 1.82) is 0 Å². The van der Waals surface area contributed by atoms with E-state index in [9.17, 15) is 4.39 Å². The summed E-state index contributed by atoms with van der Waals surface area (Å²) in [6, 6.07) is 5.08. The molecule has 1 aromatic rings. The van der Waals surface area contributed by atoms with Crippen molar-refractivity contribution in [3.8, 4) is 0 Å². The van der Waals surface area contributed by atoms with Crippen molar-refractivity contribution >= 4 is 11.8 Å². The van der Waals surface area contributed by atoms with Gasteiger partial charge in [0, 0.05) is 11.4 Å². The molecule has 0 bridgehead atoms. The second-order valence-corrected chi connectivity index (χ2v) is 5.76. The van der Waals surface area contributed by atoms with Gasteiger partial charge in [-0.25, -0.2) is 4.39 Å². The molecule has 0 amide bonds. The van der Waals surface area contributed by atoms with Crippen molar-refractivity contribution in [2.45, 2.75) is 38.6 Å². The van der Waals surface area contributed by atoms with Crippen molar-refractivity contribution in [2.75, 3.05) is 12.3 Å². The van der Waals surface area contributed by atoms with Crippen LogP contribution < -0.4 is 5.32 Å². The van der Waals surface area contributed by atoms with Gasteiger partial charge in [0.15, 0.2) is 0 Å². The third-order valence-electron chi connectivity index (χ3n) is 2.35. The van der Waals surface area contributed by atoms with Crippen LogP contribution >= 0.6 is 11.8 Å². The molecule has 0 aliphatic heterocycles. The van der Waals surface area contributed by atoms with Crippen molar-refractivity contribution in [2.24, 2.45) is 5.92 Å². The Bertz CT molecular complexity index is 339. The summed E-state index contributed by atoms with van der Waals surface area (Å²) >= 11 is 1.81. The summed E-state index contributed by atoms with van der Waals surface area (Å²) in [5.41, 5.74) is 1.07. The van der Waals surface area contributed by atoms with E-state index in [0.29, 0.717) is 5.92 Å². The van der Waals surface area contributed by atoms with Gasteiger partial charge in [0.05, 0.1) is 0 Å². The predicted molar refractivity (Wildman–Crippen MR) is 74.0 cm³/mol. The minimum absolute atomic E-state index is 0.146. The second kappa shape index (κ2) is 7.72. The van der Waals surface area contributed by atoms with Crippen LogP contribution in [0.1, 0.15) is 32.8 Å². The summed E-state index contributed by atoms with van der Waals surface area (Å²) in [4.78, 5) is 1.20. The number of thioether (sulfide) groups is 1. The predicted octanol–water partition coefficient (Wildman–Crippen LogP) is 4.07. The Morgan fingerprint density at radius 2 is 2.12 bits per heavy atom. The molecule has 0 heterocycles. The average Bonchev–Trinajstić information content (AvgIpc) is 2.27. The first-order valence-electron chi connectivity index (χ1n) is 6.25. The molecule has 0 aromatic heterocycles. The molecule has 1 nitrogen and oxygen atoms in total. The average molecular weight is 255 g/mol. The van der Waals surface area contributed by atoms with Crippen molar-refractivity contribution in [3.63, 3.8) is 0 Å². The Balaban J connectivity index is 2.62. The van der Waals surface area contributed by atoms with Crippen LogP contribution in [0.4, 0.5) is 4.39 Å². The zero-order valence-corrected chi connectivity index (χ0v) is 11.7. The maximum Gasteiger partial charge on any atom is 0.123 e. The summed E-state index contributed by atoms with van der Waals surface area (Å²) in [6.07, 6.45) is 1.14. The van der Waals surface area contributed by atoms with Crippen LogP contribution in [-0.4, -0.2) is 12.3 Å². The van der Waals surface area contributed by atoms with Crippen molar-refractivity contribution in [3.05, 3.63) is 29.6 Å². The zero-order valence-electron chi connectivity index (χ0n) is 10.9. The smallest absolute Gasteiger partial charge is 0.123 e. The van der Waals surface area contributed by atoms with Crippen LogP contribution in [0.25, 0.3) is 0 Å². The van der Waals surface area contributed by atoms with E-state index in [1.807, 2.05) is 17.8 Å². The van der Waals surface area contributed by atoms with Crippen molar-refractivity contribution < 1.29 is 4.39 Å². The Kier molecular flexibility index (Phi) is 6.60. The minimum Gasteiger partial charge on any atom is -0.312 e. The maximum absolute atomic E-state index is 13.2. The van der Waals surface area contributed by atoms with E-state index >= 15 is 0 Å². The lowest BCUT2D eigenvalue weighted by Crippen LogP contribution is -2.19. The highest BCUT2D eigenvalue weighted by Crippen LogP contribution is 2.24. The minimum atomic E-state index is -0.146. The third-order valence-corrected chi connectivity index (χ3v) is 3.67. The molecule has 0 atom stereocenters. The fourth-order valence-electron chi connectivity index (χ4n) is 1.53. The fourth-order valence-corrected chi connectivity index (χ4v) is 2.44. The van der Waals surface area contributed by atoms with Gasteiger partial charge in [-0.1, -0.05) is 20.8 Å². The first-order chi connectivity index (χ1) is 8.13. The van der Waals surface area contributed by atoms with E-state index in [4.69, 9.17) is 0 Å². The molecule has 17 heavy (non-hydrogen) atoms. The van der Waals surface area contributed by atoms with Gasteiger partial charge in [0.2, 0.25) is 0 Å². The Morgan fingerprint density at radius 1 is 1.35 bits per heavy atom. The lowest BCUT2D eigenvalue weighted by atomic mass is 10.2. The van der Waals surface area contributed by atoms with E-state index in [0.717, 1.165) is 30.8 Å². The van der Waals surface area contributed by atoms with Gasteiger partial charge >= 0.3 is 0 Å². The normalized spacial score (nSPS) is 11.1. The van der Waals surface area contributed by atoms with Crippen LogP contribution in [0.2, 0.25) is 0 Å². The van der Waals surface area contributed by atoms with Gasteiger partial charge in [-0.3, -0.25) is 0 Å². The number of hydrogen-bond donors (Lipinski definition) is 1. The molecule has 1 N–H and O–H groups in total. The largest absolute Gasteiger partial charge is 0.312 e. The topological polar surface area (TPSA) is 12.0 Å². The van der Waals surface area contributed by atoms with Crippen LogP contribution in [0.15, 0.2) is 23.1 Å². The summed E-state index contributed by atoms with van der Waals surface area (Å²) in [7, 11) is 0. The molecule has 0 saturated heterocycles. The Labute approximate surface area is 108 Å². The third kappa shape index (κ3) is 5.55. The van der Waals surface area contributed by atoms with Crippen LogP contribution in [0.3, 0.4) is 0 Å². The van der Waals surface area contributed by atoms with Gasteiger partial charge < -0.3 is 5.32 Å². The molecule has 0 fully saturated rings. The SMILES string of the molecule is CCCSc1ccc(F)cc1CNCC(C)C. The number of hydrogen-bond acceptors (Lipinski definition) is 2. The highest BCUT2D eigenvalue weighted by atomic mass is 32.2. The second-order valence-electron chi connectivity index (χ2n) is 4.63. The molecule has 0 unspecified atom stereocenters. The fraction of sp³-hybridized carbons (Fsp3) is 0.571. The molecule has 96 valence electrons. The first kappa shape index (κ1) is 14.5. The van der Waals surface area contributed by atoms with Gasteiger partial charge in [-0.2, -0.15) is 0 Å². The summed E-state index contributed by atoms with van der Waals surface area (Å²) in [6.45, 7) is 8.22. The maximum atomic E-state index is 13.2.